The average molecular weight is 273 g/mol. The maximum atomic E-state index is 12.3. The van der Waals surface area contributed by atoms with Crippen LogP contribution in [0.15, 0.2) is 18.2 Å². The maximum absolute atomic E-state index is 12.3. The minimum atomic E-state index is -0.0603. The lowest BCUT2D eigenvalue weighted by molar-refractivity contribution is 0.0742. The normalized spacial score (nSPS) is 24.1. The van der Waals surface area contributed by atoms with Gasteiger partial charge in [-0.05, 0) is 31.5 Å². The van der Waals surface area contributed by atoms with Crippen LogP contribution in [0.2, 0.25) is 10.0 Å². The summed E-state index contributed by atoms with van der Waals surface area (Å²) in [6.07, 6.45) is 0.835. The highest BCUT2D eigenvalue weighted by molar-refractivity contribution is 6.35. The number of hydrogen-bond acceptors (Lipinski definition) is 2. The van der Waals surface area contributed by atoms with Crippen LogP contribution in [-0.4, -0.2) is 29.4 Å². The van der Waals surface area contributed by atoms with Crippen LogP contribution in [0.25, 0.3) is 0 Å². The zero-order chi connectivity index (χ0) is 12.6. The molecule has 92 valence electrons. The highest BCUT2D eigenvalue weighted by Gasteiger charge is 2.31. The summed E-state index contributed by atoms with van der Waals surface area (Å²) in [5.74, 6) is -0.0603. The van der Waals surface area contributed by atoms with Gasteiger partial charge in [-0.25, -0.2) is 0 Å². The van der Waals surface area contributed by atoms with Crippen LogP contribution in [0.4, 0.5) is 0 Å². The molecule has 2 rings (SSSR count). The van der Waals surface area contributed by atoms with E-state index in [0.717, 1.165) is 6.42 Å². The minimum Gasteiger partial charge on any atom is -0.334 e. The third-order valence-corrected chi connectivity index (χ3v) is 3.62. The van der Waals surface area contributed by atoms with Gasteiger partial charge in [0.15, 0.2) is 0 Å². The summed E-state index contributed by atoms with van der Waals surface area (Å²) in [5, 5.41) is 0.939. The standard InChI is InChI=1S/C12H14Cl2N2O/c1-7-11(15)2-3-16(7)12(17)8-4-9(13)6-10(14)5-8/h4-7,11H,2-3,15H2,1H3. The molecule has 17 heavy (non-hydrogen) atoms. The second kappa shape index (κ2) is 4.84. The third kappa shape index (κ3) is 2.57. The molecule has 2 atom stereocenters. The molecule has 1 fully saturated rings. The molecule has 1 amide bonds. The SMILES string of the molecule is CC1C(N)CCN1C(=O)c1cc(Cl)cc(Cl)c1. The summed E-state index contributed by atoms with van der Waals surface area (Å²) in [5.41, 5.74) is 6.42. The van der Waals surface area contributed by atoms with Gasteiger partial charge in [0.1, 0.15) is 0 Å². The smallest absolute Gasteiger partial charge is 0.254 e. The van der Waals surface area contributed by atoms with E-state index in [1.54, 1.807) is 23.1 Å². The summed E-state index contributed by atoms with van der Waals surface area (Å²) >= 11 is 11.8. The van der Waals surface area contributed by atoms with Crippen LogP contribution >= 0.6 is 23.2 Å². The zero-order valence-electron chi connectivity index (χ0n) is 9.49. The molecule has 2 N–H and O–H groups in total. The van der Waals surface area contributed by atoms with E-state index in [9.17, 15) is 4.79 Å². The molecule has 1 saturated heterocycles. The Morgan fingerprint density at radius 1 is 1.35 bits per heavy atom. The number of nitrogens with two attached hydrogens (primary N) is 1. The van der Waals surface area contributed by atoms with Crippen molar-refractivity contribution in [3.63, 3.8) is 0 Å². The Balaban J connectivity index is 2.25. The predicted octanol–water partition coefficient (Wildman–Crippen LogP) is 2.56. The topological polar surface area (TPSA) is 46.3 Å². The van der Waals surface area contributed by atoms with Crippen LogP contribution in [0, 0.1) is 0 Å². The fourth-order valence-electron chi connectivity index (χ4n) is 2.09. The van der Waals surface area contributed by atoms with E-state index in [-0.39, 0.29) is 18.0 Å². The van der Waals surface area contributed by atoms with Crippen molar-refractivity contribution in [3.05, 3.63) is 33.8 Å². The van der Waals surface area contributed by atoms with E-state index in [4.69, 9.17) is 28.9 Å². The lowest BCUT2D eigenvalue weighted by Gasteiger charge is -2.23. The van der Waals surface area contributed by atoms with E-state index in [2.05, 4.69) is 0 Å². The Hall–Kier alpha value is -0.770. The first-order valence-electron chi connectivity index (χ1n) is 5.51. The van der Waals surface area contributed by atoms with Gasteiger partial charge in [0.05, 0.1) is 0 Å². The Labute approximate surface area is 110 Å². The molecule has 0 saturated carbocycles. The Bertz CT molecular complexity index is 430. The highest BCUT2D eigenvalue weighted by atomic mass is 35.5. The second-order valence-corrected chi connectivity index (χ2v) is 5.22. The summed E-state index contributed by atoms with van der Waals surface area (Å²) < 4.78 is 0. The largest absolute Gasteiger partial charge is 0.334 e. The van der Waals surface area contributed by atoms with Crippen molar-refractivity contribution >= 4 is 29.1 Å². The van der Waals surface area contributed by atoms with Crippen molar-refractivity contribution < 1.29 is 4.79 Å². The number of carbonyl (C=O) groups is 1. The lowest BCUT2D eigenvalue weighted by atomic mass is 10.1. The second-order valence-electron chi connectivity index (χ2n) is 4.35. The monoisotopic (exact) mass is 272 g/mol. The Morgan fingerprint density at radius 2 is 1.94 bits per heavy atom. The Kier molecular flexibility index (Phi) is 3.61. The molecule has 3 nitrogen and oxygen atoms in total. The summed E-state index contributed by atoms with van der Waals surface area (Å²) in [6.45, 7) is 2.65. The van der Waals surface area contributed by atoms with Crippen molar-refractivity contribution in [1.29, 1.82) is 0 Å². The van der Waals surface area contributed by atoms with E-state index >= 15 is 0 Å². The molecule has 1 aliphatic heterocycles. The molecule has 0 aromatic heterocycles. The van der Waals surface area contributed by atoms with Crippen LogP contribution < -0.4 is 5.73 Å². The highest BCUT2D eigenvalue weighted by Crippen LogP contribution is 2.23. The zero-order valence-corrected chi connectivity index (χ0v) is 11.0. The summed E-state index contributed by atoms with van der Waals surface area (Å²) in [4.78, 5) is 14.0. The fourth-order valence-corrected chi connectivity index (χ4v) is 2.62. The number of benzene rings is 1. The van der Waals surface area contributed by atoms with Crippen molar-refractivity contribution in [1.82, 2.24) is 4.90 Å². The van der Waals surface area contributed by atoms with Crippen LogP contribution in [0.5, 0.6) is 0 Å². The maximum Gasteiger partial charge on any atom is 0.254 e. The van der Waals surface area contributed by atoms with Gasteiger partial charge in [-0.2, -0.15) is 0 Å². The van der Waals surface area contributed by atoms with Gasteiger partial charge in [-0.1, -0.05) is 23.2 Å². The Morgan fingerprint density at radius 3 is 2.41 bits per heavy atom. The van der Waals surface area contributed by atoms with Crippen molar-refractivity contribution in [2.45, 2.75) is 25.4 Å². The number of nitrogens with zero attached hydrogens (tertiary/aromatic N) is 1. The molecule has 1 aromatic carbocycles. The van der Waals surface area contributed by atoms with Gasteiger partial charge in [0.2, 0.25) is 0 Å². The van der Waals surface area contributed by atoms with Crippen LogP contribution in [-0.2, 0) is 0 Å². The van der Waals surface area contributed by atoms with Crippen molar-refractivity contribution in [2.75, 3.05) is 6.54 Å². The quantitative estimate of drug-likeness (QED) is 0.854. The number of amides is 1. The van der Waals surface area contributed by atoms with Gasteiger partial charge >= 0.3 is 0 Å². The molecule has 0 radical (unpaired) electrons. The first-order chi connectivity index (χ1) is 7.99. The molecule has 0 aliphatic carbocycles. The molecule has 5 heteroatoms. The molecular formula is C12H14Cl2N2O. The number of likely N-dealkylation sites (tertiary alicyclic amines) is 1. The molecule has 1 aromatic rings. The average Bonchev–Trinajstić information content (AvgIpc) is 2.57. The fraction of sp³-hybridized carbons (Fsp3) is 0.417. The van der Waals surface area contributed by atoms with E-state index < -0.39 is 0 Å². The molecule has 2 unspecified atom stereocenters. The number of carbonyl (C=O) groups excluding carboxylic acids is 1. The van der Waals surface area contributed by atoms with Gasteiger partial charge in [0.25, 0.3) is 5.91 Å². The molecule has 1 aliphatic rings. The van der Waals surface area contributed by atoms with Crippen molar-refractivity contribution in [3.8, 4) is 0 Å². The molecule has 0 spiro atoms. The minimum absolute atomic E-state index is 0.0496. The first kappa shape index (κ1) is 12.7. The number of rotatable bonds is 1. The summed E-state index contributed by atoms with van der Waals surface area (Å²) in [6, 6.07) is 4.98. The number of halogens is 2. The number of hydrogen-bond donors (Lipinski definition) is 1. The van der Waals surface area contributed by atoms with Gasteiger partial charge < -0.3 is 10.6 Å². The molecule has 0 bridgehead atoms. The van der Waals surface area contributed by atoms with Crippen LogP contribution in [0.1, 0.15) is 23.7 Å². The third-order valence-electron chi connectivity index (χ3n) is 3.18. The van der Waals surface area contributed by atoms with Gasteiger partial charge in [0, 0.05) is 34.2 Å². The predicted molar refractivity (Wildman–Crippen MR) is 69.6 cm³/mol. The van der Waals surface area contributed by atoms with E-state index in [1.807, 2.05) is 6.92 Å². The lowest BCUT2D eigenvalue weighted by Crippen LogP contribution is -2.40. The van der Waals surface area contributed by atoms with E-state index in [1.165, 1.54) is 0 Å². The van der Waals surface area contributed by atoms with Gasteiger partial charge in [-0.15, -0.1) is 0 Å². The van der Waals surface area contributed by atoms with Crippen molar-refractivity contribution in [2.24, 2.45) is 5.73 Å². The first-order valence-corrected chi connectivity index (χ1v) is 6.27. The molecule has 1 heterocycles. The van der Waals surface area contributed by atoms with Crippen LogP contribution in [0.3, 0.4) is 0 Å². The summed E-state index contributed by atoms with van der Waals surface area (Å²) in [7, 11) is 0. The molecular weight excluding hydrogens is 259 g/mol. The van der Waals surface area contributed by atoms with Gasteiger partial charge in [-0.3, -0.25) is 4.79 Å². The van der Waals surface area contributed by atoms with E-state index in [0.29, 0.717) is 22.2 Å².